The number of carbonyl (C=O) groups excluding carboxylic acids is 1. The van der Waals surface area contributed by atoms with Gasteiger partial charge in [0.05, 0.1) is 42.0 Å². The number of likely N-dealkylation sites (N-methyl/N-ethyl adjacent to an activating group) is 1. The molecule has 8 nitrogen and oxygen atoms in total. The number of rotatable bonds is 5. The predicted octanol–water partition coefficient (Wildman–Crippen LogP) is 2.80. The third-order valence-corrected chi connectivity index (χ3v) is 5.63. The molecule has 5 heterocycles. The maximum atomic E-state index is 13.5. The van der Waals surface area contributed by atoms with Gasteiger partial charge in [0.2, 0.25) is 0 Å². The summed E-state index contributed by atoms with van der Waals surface area (Å²) < 4.78 is 7.29. The van der Waals surface area contributed by atoms with Crippen molar-refractivity contribution < 1.29 is 9.53 Å². The standard InChI is InChI=1S/C23H22N6O2/c1-28(18-6-9-31-15-18)23(30)19-10-21(17-5-3-8-25-12-17)27-22-20(19)13-26-29(22)14-16-4-2-7-24-11-16/h2-5,7-8,10-13,18H,6,9,14-15H2,1H3. The van der Waals surface area contributed by atoms with E-state index in [-0.39, 0.29) is 11.9 Å². The molecule has 1 amide bonds. The minimum Gasteiger partial charge on any atom is -0.379 e. The van der Waals surface area contributed by atoms with Crippen molar-refractivity contribution in [2.24, 2.45) is 0 Å². The Labute approximate surface area is 179 Å². The van der Waals surface area contributed by atoms with E-state index in [0.29, 0.717) is 36.7 Å². The minimum atomic E-state index is -0.0611. The first-order valence-corrected chi connectivity index (χ1v) is 10.2. The third-order valence-electron chi connectivity index (χ3n) is 5.63. The molecule has 0 saturated carbocycles. The quantitative estimate of drug-likeness (QED) is 0.499. The first kappa shape index (κ1) is 19.3. The average Bonchev–Trinajstić information content (AvgIpc) is 3.50. The number of hydrogen-bond acceptors (Lipinski definition) is 6. The zero-order valence-corrected chi connectivity index (χ0v) is 17.2. The van der Waals surface area contributed by atoms with Gasteiger partial charge in [-0.15, -0.1) is 0 Å². The molecular weight excluding hydrogens is 392 g/mol. The Morgan fingerprint density at radius 2 is 2.03 bits per heavy atom. The Balaban J connectivity index is 1.62. The number of fused-ring (bicyclic) bond motifs is 1. The molecule has 0 N–H and O–H groups in total. The molecule has 8 heteroatoms. The van der Waals surface area contributed by atoms with E-state index >= 15 is 0 Å². The molecule has 156 valence electrons. The van der Waals surface area contributed by atoms with Crippen LogP contribution in [-0.4, -0.2) is 61.8 Å². The van der Waals surface area contributed by atoms with Crippen LogP contribution in [0.4, 0.5) is 0 Å². The summed E-state index contributed by atoms with van der Waals surface area (Å²) in [4.78, 5) is 28.5. The van der Waals surface area contributed by atoms with Gasteiger partial charge in [0, 0.05) is 44.0 Å². The lowest BCUT2D eigenvalue weighted by Gasteiger charge is -2.23. The van der Waals surface area contributed by atoms with E-state index in [0.717, 1.165) is 22.9 Å². The maximum Gasteiger partial charge on any atom is 0.254 e. The van der Waals surface area contributed by atoms with Gasteiger partial charge in [0.25, 0.3) is 5.91 Å². The fourth-order valence-corrected chi connectivity index (χ4v) is 3.85. The number of pyridine rings is 3. The topological polar surface area (TPSA) is 86.0 Å². The van der Waals surface area contributed by atoms with Crippen LogP contribution in [0.1, 0.15) is 22.3 Å². The van der Waals surface area contributed by atoms with Gasteiger partial charge in [0.1, 0.15) is 0 Å². The van der Waals surface area contributed by atoms with E-state index in [1.807, 2.05) is 42.1 Å². The number of nitrogens with zero attached hydrogens (tertiary/aromatic N) is 6. The van der Waals surface area contributed by atoms with E-state index < -0.39 is 0 Å². The summed E-state index contributed by atoms with van der Waals surface area (Å²) in [6.07, 6.45) is 9.57. The zero-order valence-electron chi connectivity index (χ0n) is 17.2. The van der Waals surface area contributed by atoms with Gasteiger partial charge < -0.3 is 9.64 Å². The molecule has 0 aromatic carbocycles. The fraction of sp³-hybridized carbons (Fsp3) is 0.261. The first-order chi connectivity index (χ1) is 15.2. The van der Waals surface area contributed by atoms with Crippen LogP contribution in [0, 0.1) is 0 Å². The van der Waals surface area contributed by atoms with E-state index in [1.165, 1.54) is 0 Å². The van der Waals surface area contributed by atoms with Gasteiger partial charge in [-0.1, -0.05) is 6.07 Å². The van der Waals surface area contributed by atoms with Crippen LogP contribution >= 0.6 is 0 Å². The van der Waals surface area contributed by atoms with Gasteiger partial charge in [-0.3, -0.25) is 14.8 Å². The number of carbonyl (C=O) groups is 1. The Morgan fingerprint density at radius 1 is 1.19 bits per heavy atom. The number of aromatic nitrogens is 5. The normalized spacial score (nSPS) is 16.0. The Morgan fingerprint density at radius 3 is 2.74 bits per heavy atom. The number of amides is 1. The van der Waals surface area contributed by atoms with E-state index in [9.17, 15) is 4.79 Å². The highest BCUT2D eigenvalue weighted by molar-refractivity contribution is 6.06. The third kappa shape index (κ3) is 3.77. The van der Waals surface area contributed by atoms with Crippen molar-refractivity contribution in [3.8, 4) is 11.3 Å². The Kier molecular flexibility index (Phi) is 5.13. The Hall–Kier alpha value is -3.65. The van der Waals surface area contributed by atoms with Crippen LogP contribution in [0.15, 0.2) is 61.3 Å². The monoisotopic (exact) mass is 414 g/mol. The summed E-state index contributed by atoms with van der Waals surface area (Å²) in [6, 6.07) is 9.59. The van der Waals surface area contributed by atoms with Crippen LogP contribution in [0.3, 0.4) is 0 Å². The van der Waals surface area contributed by atoms with Crippen LogP contribution in [-0.2, 0) is 11.3 Å². The van der Waals surface area contributed by atoms with Gasteiger partial charge in [-0.25, -0.2) is 9.67 Å². The molecule has 1 fully saturated rings. The predicted molar refractivity (Wildman–Crippen MR) is 115 cm³/mol. The number of hydrogen-bond donors (Lipinski definition) is 0. The van der Waals surface area contributed by atoms with E-state index in [1.54, 1.807) is 35.9 Å². The molecule has 0 radical (unpaired) electrons. The summed E-state index contributed by atoms with van der Waals surface area (Å²) in [7, 11) is 1.83. The van der Waals surface area contributed by atoms with Crippen molar-refractivity contribution in [3.05, 3.63) is 72.4 Å². The molecule has 1 unspecified atom stereocenters. The molecule has 1 aliphatic heterocycles. The second-order valence-electron chi connectivity index (χ2n) is 7.63. The molecule has 0 aliphatic carbocycles. The van der Waals surface area contributed by atoms with Crippen LogP contribution in [0.5, 0.6) is 0 Å². The van der Waals surface area contributed by atoms with Gasteiger partial charge in [-0.2, -0.15) is 5.10 Å². The van der Waals surface area contributed by atoms with Crippen molar-refractivity contribution in [1.29, 1.82) is 0 Å². The lowest BCUT2D eigenvalue weighted by molar-refractivity contribution is 0.0713. The van der Waals surface area contributed by atoms with Crippen molar-refractivity contribution in [2.75, 3.05) is 20.3 Å². The highest BCUT2D eigenvalue weighted by atomic mass is 16.5. The van der Waals surface area contributed by atoms with Gasteiger partial charge in [0.15, 0.2) is 5.65 Å². The zero-order chi connectivity index (χ0) is 21.2. The second kappa shape index (κ2) is 8.23. The molecule has 4 aromatic rings. The van der Waals surface area contributed by atoms with E-state index in [2.05, 4.69) is 15.1 Å². The van der Waals surface area contributed by atoms with Crippen molar-refractivity contribution in [3.63, 3.8) is 0 Å². The SMILES string of the molecule is CN(C(=O)c1cc(-c2cccnc2)nc2c1cnn2Cc1cccnc1)C1CCOC1. The van der Waals surface area contributed by atoms with Crippen molar-refractivity contribution >= 4 is 16.9 Å². The molecule has 0 spiro atoms. The second-order valence-corrected chi connectivity index (χ2v) is 7.63. The van der Waals surface area contributed by atoms with Crippen LogP contribution in [0.25, 0.3) is 22.3 Å². The molecule has 31 heavy (non-hydrogen) atoms. The van der Waals surface area contributed by atoms with Crippen molar-refractivity contribution in [2.45, 2.75) is 19.0 Å². The molecular formula is C23H22N6O2. The summed E-state index contributed by atoms with van der Waals surface area (Å²) in [5.41, 5.74) is 3.78. The minimum absolute atomic E-state index is 0.0611. The van der Waals surface area contributed by atoms with Crippen LogP contribution in [0.2, 0.25) is 0 Å². The fourth-order valence-electron chi connectivity index (χ4n) is 3.85. The molecule has 5 rings (SSSR count). The molecule has 1 aliphatic rings. The van der Waals surface area contributed by atoms with E-state index in [4.69, 9.17) is 9.72 Å². The lowest BCUT2D eigenvalue weighted by atomic mass is 10.1. The maximum absolute atomic E-state index is 13.5. The van der Waals surface area contributed by atoms with Gasteiger partial charge in [-0.05, 0) is 36.2 Å². The molecule has 1 atom stereocenters. The highest BCUT2D eigenvalue weighted by Gasteiger charge is 2.27. The summed E-state index contributed by atoms with van der Waals surface area (Å²) in [6.45, 7) is 1.75. The smallest absolute Gasteiger partial charge is 0.254 e. The largest absolute Gasteiger partial charge is 0.379 e. The molecule has 1 saturated heterocycles. The number of ether oxygens (including phenoxy) is 1. The Bertz CT molecular complexity index is 1200. The summed E-state index contributed by atoms with van der Waals surface area (Å²) in [5, 5.41) is 5.27. The van der Waals surface area contributed by atoms with Crippen molar-refractivity contribution in [1.82, 2.24) is 29.6 Å². The lowest BCUT2D eigenvalue weighted by Crippen LogP contribution is -2.37. The highest BCUT2D eigenvalue weighted by Crippen LogP contribution is 2.27. The summed E-state index contributed by atoms with van der Waals surface area (Å²) in [5.74, 6) is -0.0611. The average molecular weight is 414 g/mol. The summed E-state index contributed by atoms with van der Waals surface area (Å²) >= 11 is 0. The van der Waals surface area contributed by atoms with Crippen LogP contribution < -0.4 is 0 Å². The first-order valence-electron chi connectivity index (χ1n) is 10.2. The molecule has 4 aromatic heterocycles. The molecule has 0 bridgehead atoms. The van der Waals surface area contributed by atoms with Gasteiger partial charge >= 0.3 is 0 Å².